The van der Waals surface area contributed by atoms with E-state index in [0.29, 0.717) is 23.7 Å². The number of anilines is 1. The smallest absolute Gasteiger partial charge is 0.418 e. The number of amides is 1. The van der Waals surface area contributed by atoms with Crippen LogP contribution in [0.2, 0.25) is 25.7 Å². The molecule has 1 aromatic rings. The Balaban J connectivity index is 2.76. The molecule has 0 aliphatic heterocycles. The van der Waals surface area contributed by atoms with E-state index in [-0.39, 0.29) is 6.73 Å². The second-order valence-corrected chi connectivity index (χ2v) is 13.9. The summed E-state index contributed by atoms with van der Waals surface area (Å²) < 4.78 is 11.0. The first kappa shape index (κ1) is 19.8. The molecule has 0 spiro atoms. The van der Waals surface area contributed by atoms with Crippen LogP contribution in [0.1, 0.15) is 31.3 Å². The van der Waals surface area contributed by atoms with Gasteiger partial charge in [0.25, 0.3) is 0 Å². The zero-order chi connectivity index (χ0) is 17.7. The van der Waals surface area contributed by atoms with Gasteiger partial charge in [-0.3, -0.25) is 4.79 Å². The van der Waals surface area contributed by atoms with Crippen molar-refractivity contribution in [3.63, 3.8) is 0 Å². The molecule has 0 aliphatic carbocycles. The zero-order valence-electron chi connectivity index (χ0n) is 14.7. The molecule has 1 heterocycles. The van der Waals surface area contributed by atoms with E-state index in [1.54, 1.807) is 26.2 Å². The second kappa shape index (κ2) is 8.03. The number of ether oxygens (including phenoxy) is 2. The van der Waals surface area contributed by atoms with Crippen LogP contribution in [0.25, 0.3) is 0 Å². The lowest BCUT2D eigenvalue weighted by Crippen LogP contribution is -2.38. The fourth-order valence-electron chi connectivity index (χ4n) is 1.49. The summed E-state index contributed by atoms with van der Waals surface area (Å²) in [5.74, 6) is 0. The van der Waals surface area contributed by atoms with Crippen molar-refractivity contribution in [1.82, 2.24) is 4.98 Å². The molecule has 23 heavy (non-hydrogen) atoms. The number of carbonyl (C=O) groups is 2. The minimum absolute atomic E-state index is 0.0607. The highest BCUT2D eigenvalue weighted by Gasteiger charge is 2.26. The molecule has 1 rings (SSSR count). The molecule has 130 valence electrons. The van der Waals surface area contributed by atoms with Gasteiger partial charge in [-0.15, -0.1) is 11.3 Å². The van der Waals surface area contributed by atoms with Crippen LogP contribution in [-0.4, -0.2) is 44.4 Å². The predicted molar refractivity (Wildman–Crippen MR) is 95.2 cm³/mol. The van der Waals surface area contributed by atoms with Crippen LogP contribution in [0.3, 0.4) is 0 Å². The Labute approximate surface area is 142 Å². The van der Waals surface area contributed by atoms with E-state index >= 15 is 0 Å². The molecular weight excluding hydrogens is 332 g/mol. The number of hydrogen-bond donors (Lipinski definition) is 0. The van der Waals surface area contributed by atoms with Crippen molar-refractivity contribution in [1.29, 1.82) is 0 Å². The van der Waals surface area contributed by atoms with E-state index in [0.717, 1.165) is 6.04 Å². The van der Waals surface area contributed by atoms with Gasteiger partial charge < -0.3 is 9.47 Å². The van der Waals surface area contributed by atoms with Crippen LogP contribution in [0.4, 0.5) is 9.93 Å². The number of carbonyl (C=O) groups excluding carboxylic acids is 2. The Bertz CT molecular complexity index is 534. The van der Waals surface area contributed by atoms with Gasteiger partial charge in [0.2, 0.25) is 0 Å². The third-order valence-corrected chi connectivity index (χ3v) is 5.28. The highest BCUT2D eigenvalue weighted by molar-refractivity contribution is 7.14. The summed E-state index contributed by atoms with van der Waals surface area (Å²) in [5, 5.41) is 2.00. The van der Waals surface area contributed by atoms with Gasteiger partial charge >= 0.3 is 6.09 Å². The topological polar surface area (TPSA) is 68.7 Å². The maximum absolute atomic E-state index is 12.4. The molecule has 0 bridgehead atoms. The lowest BCUT2D eigenvalue weighted by molar-refractivity contribution is 0.0499. The Morgan fingerprint density at radius 2 is 2.04 bits per heavy atom. The van der Waals surface area contributed by atoms with Gasteiger partial charge in [0.15, 0.2) is 11.4 Å². The molecule has 0 saturated carbocycles. The Morgan fingerprint density at radius 3 is 2.52 bits per heavy atom. The van der Waals surface area contributed by atoms with Crippen molar-refractivity contribution in [2.24, 2.45) is 0 Å². The largest absolute Gasteiger partial charge is 0.443 e. The van der Waals surface area contributed by atoms with E-state index in [2.05, 4.69) is 24.6 Å². The Kier molecular flexibility index (Phi) is 6.91. The first-order chi connectivity index (χ1) is 10.5. The van der Waals surface area contributed by atoms with Crippen molar-refractivity contribution in [3.05, 3.63) is 11.1 Å². The summed E-state index contributed by atoms with van der Waals surface area (Å²) in [5.41, 5.74) is -0.320. The summed E-state index contributed by atoms with van der Waals surface area (Å²) >= 11 is 1.21. The summed E-state index contributed by atoms with van der Waals surface area (Å²) in [6.45, 7) is 12.8. The Morgan fingerprint density at radius 1 is 1.39 bits per heavy atom. The minimum atomic E-state index is -1.19. The third kappa shape index (κ3) is 7.71. The van der Waals surface area contributed by atoms with Gasteiger partial charge in [-0.2, -0.15) is 0 Å². The molecule has 1 amide bonds. The standard InChI is InChI=1S/C15H26N2O4SSi/c1-15(2,3)21-14(19)17(11-20-7-8-23(4,5)6)13-16-12(9-18)10-22-13/h9-10H,7-8,11H2,1-6H3. The SMILES string of the molecule is CC(C)(C)OC(=O)N(COCC[Si](C)(C)C)c1nc(C=O)cs1. The first-order valence-corrected chi connectivity index (χ1v) is 12.1. The van der Waals surface area contributed by atoms with Gasteiger partial charge in [0, 0.05) is 20.1 Å². The summed E-state index contributed by atoms with van der Waals surface area (Å²) in [6.07, 6.45) is 0.122. The van der Waals surface area contributed by atoms with Crippen molar-refractivity contribution < 1.29 is 19.1 Å². The molecule has 0 saturated heterocycles. The maximum Gasteiger partial charge on any atom is 0.418 e. The highest BCUT2D eigenvalue weighted by atomic mass is 32.1. The second-order valence-electron chi connectivity index (χ2n) is 7.43. The first-order valence-electron chi connectivity index (χ1n) is 7.51. The van der Waals surface area contributed by atoms with E-state index in [1.165, 1.54) is 16.2 Å². The zero-order valence-corrected chi connectivity index (χ0v) is 16.5. The van der Waals surface area contributed by atoms with Crippen molar-refractivity contribution in [3.8, 4) is 0 Å². The molecule has 0 radical (unpaired) electrons. The maximum atomic E-state index is 12.4. The van der Waals surface area contributed by atoms with Crippen LogP contribution < -0.4 is 4.90 Å². The number of thiazole rings is 1. The van der Waals surface area contributed by atoms with Crippen LogP contribution in [0.5, 0.6) is 0 Å². The van der Waals surface area contributed by atoms with Crippen LogP contribution in [-0.2, 0) is 9.47 Å². The van der Waals surface area contributed by atoms with Crippen molar-refractivity contribution >= 4 is 36.9 Å². The lowest BCUT2D eigenvalue weighted by atomic mass is 10.2. The highest BCUT2D eigenvalue weighted by Crippen LogP contribution is 2.22. The molecule has 0 aromatic carbocycles. The third-order valence-electron chi connectivity index (χ3n) is 2.69. The predicted octanol–water partition coefficient (Wildman–Crippen LogP) is 4.01. The van der Waals surface area contributed by atoms with E-state index < -0.39 is 19.8 Å². The number of aromatic nitrogens is 1. The normalized spacial score (nSPS) is 12.1. The number of hydrogen-bond acceptors (Lipinski definition) is 6. The molecular formula is C15H26N2O4SSi. The summed E-state index contributed by atoms with van der Waals surface area (Å²) in [7, 11) is -1.19. The summed E-state index contributed by atoms with van der Waals surface area (Å²) in [6, 6.07) is 1.01. The average Bonchev–Trinajstić information content (AvgIpc) is 2.83. The molecule has 0 aliphatic rings. The molecule has 0 N–H and O–H groups in total. The van der Waals surface area contributed by atoms with E-state index in [1.807, 2.05) is 0 Å². The van der Waals surface area contributed by atoms with Crippen molar-refractivity contribution in [2.45, 2.75) is 52.1 Å². The van der Waals surface area contributed by atoms with Crippen molar-refractivity contribution in [2.75, 3.05) is 18.2 Å². The molecule has 0 fully saturated rings. The molecule has 0 atom stereocenters. The number of nitrogens with zero attached hydrogens (tertiary/aromatic N) is 2. The van der Waals surface area contributed by atoms with Gasteiger partial charge in [0.1, 0.15) is 18.0 Å². The Hall–Kier alpha value is -1.25. The van der Waals surface area contributed by atoms with Gasteiger partial charge in [-0.25, -0.2) is 14.7 Å². The fourth-order valence-corrected chi connectivity index (χ4v) is 3.00. The van der Waals surface area contributed by atoms with Crippen LogP contribution >= 0.6 is 11.3 Å². The summed E-state index contributed by atoms with van der Waals surface area (Å²) in [4.78, 5) is 28.6. The molecule has 8 heteroatoms. The lowest BCUT2D eigenvalue weighted by Gasteiger charge is -2.26. The minimum Gasteiger partial charge on any atom is -0.443 e. The quantitative estimate of drug-likeness (QED) is 0.319. The number of aldehydes is 1. The van der Waals surface area contributed by atoms with E-state index in [4.69, 9.17) is 9.47 Å². The fraction of sp³-hybridized carbons (Fsp3) is 0.667. The van der Waals surface area contributed by atoms with E-state index in [9.17, 15) is 9.59 Å². The molecule has 1 aromatic heterocycles. The molecule has 0 unspecified atom stereocenters. The van der Waals surface area contributed by atoms with Crippen LogP contribution in [0.15, 0.2) is 5.38 Å². The number of rotatable bonds is 7. The molecule has 6 nitrogen and oxygen atoms in total. The van der Waals surface area contributed by atoms with Gasteiger partial charge in [-0.1, -0.05) is 19.6 Å². The average molecular weight is 359 g/mol. The van der Waals surface area contributed by atoms with Gasteiger partial charge in [-0.05, 0) is 26.8 Å². The monoisotopic (exact) mass is 358 g/mol. The van der Waals surface area contributed by atoms with Gasteiger partial charge in [0.05, 0.1) is 0 Å². The van der Waals surface area contributed by atoms with Crippen LogP contribution in [0, 0.1) is 0 Å².